The number of carboxylic acids is 1. The molecule has 0 spiro atoms. The lowest BCUT2D eigenvalue weighted by molar-refractivity contribution is -0.145. The number of rotatable bonds is 12. The average Bonchev–Trinajstić information content (AvgIpc) is 3.15. The zero-order valence-corrected chi connectivity index (χ0v) is 19.2. The molecule has 0 saturated heterocycles. The van der Waals surface area contributed by atoms with Crippen molar-refractivity contribution in [3.8, 4) is 11.1 Å². The molecular formula is C26H30N2O6. The number of carboxylic acid groups (broad SMARTS) is 1. The Morgan fingerprint density at radius 3 is 2.29 bits per heavy atom. The maximum Gasteiger partial charge on any atom is 0.407 e. The average molecular weight is 467 g/mol. The molecule has 180 valence electrons. The predicted octanol–water partition coefficient (Wildman–Crippen LogP) is 3.42. The summed E-state index contributed by atoms with van der Waals surface area (Å²) in [6, 6.07) is 15.1. The van der Waals surface area contributed by atoms with Crippen LogP contribution in [0.4, 0.5) is 4.79 Å². The first-order valence-corrected chi connectivity index (χ1v) is 11.2. The topological polar surface area (TPSA) is 105 Å². The molecule has 0 fully saturated rings. The molecule has 1 aliphatic carbocycles. The normalized spacial score (nSPS) is 12.9. The third-order valence-corrected chi connectivity index (χ3v) is 5.76. The van der Waals surface area contributed by atoms with Gasteiger partial charge < -0.3 is 24.8 Å². The number of alkyl carbamates (subject to hydrolysis) is 1. The highest BCUT2D eigenvalue weighted by Gasteiger charge is 2.30. The fourth-order valence-corrected chi connectivity index (χ4v) is 4.24. The summed E-state index contributed by atoms with van der Waals surface area (Å²) in [4.78, 5) is 38.0. The minimum Gasteiger partial charge on any atom is -0.480 e. The number of hydrogen-bond donors (Lipinski definition) is 2. The molecule has 1 aliphatic rings. The standard InChI is InChI=1S/C26H30N2O6/c1-3-14-28(16-24(29)30)25(31)23(13-8-15-33-2)27-26(32)34-17-22-20-11-6-4-9-18(20)19-10-5-7-12-21(19)22/h3-7,9-12,22-23H,1,8,13-17H2,2H3,(H,27,32)(H,29,30). The summed E-state index contributed by atoms with van der Waals surface area (Å²) in [7, 11) is 1.55. The van der Waals surface area contributed by atoms with Gasteiger partial charge in [0.2, 0.25) is 5.91 Å². The van der Waals surface area contributed by atoms with Gasteiger partial charge in [-0.1, -0.05) is 54.6 Å². The van der Waals surface area contributed by atoms with E-state index in [0.717, 1.165) is 27.2 Å². The molecule has 0 radical (unpaired) electrons. The Kier molecular flexibility index (Phi) is 8.81. The molecule has 0 aliphatic heterocycles. The van der Waals surface area contributed by atoms with Gasteiger partial charge in [-0.15, -0.1) is 6.58 Å². The number of fused-ring (bicyclic) bond motifs is 3. The number of hydrogen-bond acceptors (Lipinski definition) is 5. The highest BCUT2D eigenvalue weighted by molar-refractivity contribution is 5.88. The number of ether oxygens (including phenoxy) is 2. The van der Waals surface area contributed by atoms with Crippen LogP contribution in [0, 0.1) is 0 Å². The van der Waals surface area contributed by atoms with E-state index < -0.39 is 30.6 Å². The van der Waals surface area contributed by atoms with Crippen LogP contribution in [-0.4, -0.2) is 67.4 Å². The second-order valence-corrected chi connectivity index (χ2v) is 8.06. The fourth-order valence-electron chi connectivity index (χ4n) is 4.24. The summed E-state index contributed by atoms with van der Waals surface area (Å²) < 4.78 is 10.6. The minimum atomic E-state index is -1.15. The Balaban J connectivity index is 1.69. The van der Waals surface area contributed by atoms with Gasteiger partial charge in [0.15, 0.2) is 0 Å². The van der Waals surface area contributed by atoms with Crippen LogP contribution in [0.25, 0.3) is 11.1 Å². The number of benzene rings is 2. The summed E-state index contributed by atoms with van der Waals surface area (Å²) in [6.45, 7) is 3.66. The van der Waals surface area contributed by atoms with Crippen molar-refractivity contribution >= 4 is 18.0 Å². The Hall–Kier alpha value is -3.65. The monoisotopic (exact) mass is 466 g/mol. The van der Waals surface area contributed by atoms with Crippen LogP contribution in [0.1, 0.15) is 29.9 Å². The van der Waals surface area contributed by atoms with Crippen molar-refractivity contribution in [1.29, 1.82) is 0 Å². The SMILES string of the molecule is C=CCN(CC(=O)O)C(=O)C(CCCOC)NC(=O)OCC1c2ccccc2-c2ccccc21. The third kappa shape index (κ3) is 6.02. The highest BCUT2D eigenvalue weighted by Crippen LogP contribution is 2.44. The Morgan fingerprint density at radius 2 is 1.74 bits per heavy atom. The van der Waals surface area contributed by atoms with Crippen molar-refractivity contribution < 1.29 is 29.0 Å². The van der Waals surface area contributed by atoms with Gasteiger partial charge >= 0.3 is 12.1 Å². The first kappa shape index (κ1) is 25.0. The Labute approximate surface area is 199 Å². The molecule has 2 aromatic carbocycles. The third-order valence-electron chi connectivity index (χ3n) is 5.76. The predicted molar refractivity (Wildman–Crippen MR) is 128 cm³/mol. The van der Waals surface area contributed by atoms with Gasteiger partial charge in [0.05, 0.1) is 0 Å². The largest absolute Gasteiger partial charge is 0.480 e. The van der Waals surface area contributed by atoms with Crippen LogP contribution in [0.2, 0.25) is 0 Å². The molecule has 0 saturated carbocycles. The number of carbonyl (C=O) groups excluding carboxylic acids is 2. The summed E-state index contributed by atoms with van der Waals surface area (Å²) in [6.07, 6.45) is 1.50. The van der Waals surface area contributed by atoms with Gasteiger partial charge in [0.1, 0.15) is 19.2 Å². The van der Waals surface area contributed by atoms with Crippen molar-refractivity contribution in [2.24, 2.45) is 0 Å². The summed E-state index contributed by atoms with van der Waals surface area (Å²) >= 11 is 0. The Bertz CT molecular complexity index is 992. The van der Waals surface area contributed by atoms with E-state index in [9.17, 15) is 14.4 Å². The number of aliphatic carboxylic acids is 1. The van der Waals surface area contributed by atoms with Crippen molar-refractivity contribution in [1.82, 2.24) is 10.2 Å². The minimum absolute atomic E-state index is 0.0539. The van der Waals surface area contributed by atoms with Crippen LogP contribution in [0.15, 0.2) is 61.2 Å². The van der Waals surface area contributed by atoms with Crippen LogP contribution in [0.5, 0.6) is 0 Å². The molecule has 34 heavy (non-hydrogen) atoms. The summed E-state index contributed by atoms with van der Waals surface area (Å²) in [5, 5.41) is 11.8. The zero-order valence-electron chi connectivity index (χ0n) is 19.2. The van der Waals surface area contributed by atoms with E-state index in [0.29, 0.717) is 13.0 Å². The van der Waals surface area contributed by atoms with Crippen LogP contribution in [0.3, 0.4) is 0 Å². The van der Waals surface area contributed by atoms with Gasteiger partial charge in [-0.25, -0.2) is 4.79 Å². The van der Waals surface area contributed by atoms with E-state index in [-0.39, 0.29) is 25.5 Å². The maximum atomic E-state index is 13.0. The summed E-state index contributed by atoms with van der Waals surface area (Å²) in [5.74, 6) is -1.76. The van der Waals surface area contributed by atoms with Crippen molar-refractivity contribution in [3.63, 3.8) is 0 Å². The van der Waals surface area contributed by atoms with Gasteiger partial charge in [-0.3, -0.25) is 9.59 Å². The van der Waals surface area contributed by atoms with Gasteiger partial charge in [0, 0.05) is 26.2 Å². The second kappa shape index (κ2) is 12.0. The van der Waals surface area contributed by atoms with Gasteiger partial charge in [0.25, 0.3) is 0 Å². The molecule has 3 rings (SSSR count). The van der Waals surface area contributed by atoms with Crippen LogP contribution >= 0.6 is 0 Å². The second-order valence-electron chi connectivity index (χ2n) is 8.06. The van der Waals surface area contributed by atoms with Crippen molar-refractivity contribution in [2.75, 3.05) is 33.4 Å². The fraction of sp³-hybridized carbons (Fsp3) is 0.346. The van der Waals surface area contributed by atoms with E-state index in [1.807, 2.05) is 36.4 Å². The summed E-state index contributed by atoms with van der Waals surface area (Å²) in [5.41, 5.74) is 4.41. The molecule has 0 heterocycles. The number of nitrogens with zero attached hydrogens (tertiary/aromatic N) is 1. The van der Waals surface area contributed by atoms with E-state index in [1.54, 1.807) is 7.11 Å². The van der Waals surface area contributed by atoms with Crippen molar-refractivity contribution in [3.05, 3.63) is 72.3 Å². The number of methoxy groups -OCH3 is 1. The molecule has 1 atom stereocenters. The van der Waals surface area contributed by atoms with Gasteiger partial charge in [-0.05, 0) is 35.1 Å². The molecule has 0 aromatic heterocycles. The molecule has 2 aromatic rings. The lowest BCUT2D eigenvalue weighted by Crippen LogP contribution is -2.50. The quantitative estimate of drug-likeness (QED) is 0.367. The Morgan fingerprint density at radius 1 is 1.12 bits per heavy atom. The number of nitrogens with one attached hydrogen (secondary N) is 1. The molecule has 0 bridgehead atoms. The van der Waals surface area contributed by atoms with E-state index in [4.69, 9.17) is 14.6 Å². The molecule has 1 unspecified atom stereocenters. The first-order chi connectivity index (χ1) is 16.5. The number of amides is 2. The molecular weight excluding hydrogens is 436 g/mol. The number of carbonyl (C=O) groups is 3. The lowest BCUT2D eigenvalue weighted by Gasteiger charge is -2.26. The molecule has 8 nitrogen and oxygen atoms in total. The molecule has 2 N–H and O–H groups in total. The van der Waals surface area contributed by atoms with E-state index in [1.165, 1.54) is 6.08 Å². The van der Waals surface area contributed by atoms with E-state index >= 15 is 0 Å². The molecule has 2 amide bonds. The first-order valence-electron chi connectivity index (χ1n) is 11.2. The zero-order chi connectivity index (χ0) is 24.5. The van der Waals surface area contributed by atoms with Gasteiger partial charge in [-0.2, -0.15) is 0 Å². The molecule has 8 heteroatoms. The van der Waals surface area contributed by atoms with Crippen LogP contribution < -0.4 is 5.32 Å². The highest BCUT2D eigenvalue weighted by atomic mass is 16.5. The smallest absolute Gasteiger partial charge is 0.407 e. The maximum absolute atomic E-state index is 13.0. The van der Waals surface area contributed by atoms with Crippen LogP contribution in [-0.2, 0) is 19.1 Å². The van der Waals surface area contributed by atoms with Crippen molar-refractivity contribution in [2.45, 2.75) is 24.8 Å². The lowest BCUT2D eigenvalue weighted by atomic mass is 9.98. The van der Waals surface area contributed by atoms with E-state index in [2.05, 4.69) is 24.0 Å².